The van der Waals surface area contributed by atoms with Gasteiger partial charge in [-0.3, -0.25) is 4.79 Å². The first-order valence-electron chi connectivity index (χ1n) is 10.4. The molecule has 3 rings (SSSR count). The van der Waals surface area contributed by atoms with E-state index in [1.807, 2.05) is 44.4 Å². The Morgan fingerprint density at radius 1 is 1.03 bits per heavy atom. The van der Waals surface area contributed by atoms with Crippen LogP contribution < -0.4 is 5.32 Å². The van der Waals surface area contributed by atoms with Crippen LogP contribution in [0.5, 0.6) is 0 Å². The normalized spacial score (nSPS) is 12.5. The van der Waals surface area contributed by atoms with E-state index in [1.54, 1.807) is 60.3 Å². The number of rotatable bonds is 9. The van der Waals surface area contributed by atoms with E-state index in [0.717, 1.165) is 20.3 Å². The summed E-state index contributed by atoms with van der Waals surface area (Å²) < 4.78 is 28.0. The van der Waals surface area contributed by atoms with Gasteiger partial charge >= 0.3 is 0 Å². The average molecular weight is 503 g/mol. The Hall–Kier alpha value is -2.32. The van der Waals surface area contributed by atoms with Crippen LogP contribution in [-0.2, 0) is 21.4 Å². The second-order valence-electron chi connectivity index (χ2n) is 7.74. The topological polar surface area (TPSA) is 66.5 Å². The molecule has 0 fully saturated rings. The molecular weight excluding hydrogens is 476 g/mol. The number of thioether (sulfide) groups is 1. The second kappa shape index (κ2) is 11.2. The van der Waals surface area contributed by atoms with Gasteiger partial charge in [0, 0.05) is 16.5 Å². The first-order valence-corrected chi connectivity index (χ1v) is 13.5. The van der Waals surface area contributed by atoms with Gasteiger partial charge in [0.05, 0.1) is 17.5 Å². The van der Waals surface area contributed by atoms with Crippen molar-refractivity contribution in [3.8, 4) is 0 Å². The maximum absolute atomic E-state index is 13.4. The Bertz CT molecular complexity index is 1200. The fraction of sp³-hybridized carbons (Fsp3) is 0.240. The highest BCUT2D eigenvalue weighted by atomic mass is 35.5. The first-order chi connectivity index (χ1) is 15.7. The van der Waals surface area contributed by atoms with Crippen molar-refractivity contribution in [1.29, 1.82) is 0 Å². The van der Waals surface area contributed by atoms with Crippen molar-refractivity contribution in [2.24, 2.45) is 0 Å². The Morgan fingerprint density at radius 2 is 1.67 bits per heavy atom. The molecule has 0 aliphatic heterocycles. The molecule has 0 spiro atoms. The van der Waals surface area contributed by atoms with Crippen LogP contribution in [0.25, 0.3) is 0 Å². The van der Waals surface area contributed by atoms with E-state index in [0.29, 0.717) is 10.6 Å². The lowest BCUT2D eigenvalue weighted by Gasteiger charge is -2.24. The lowest BCUT2D eigenvalue weighted by atomic mass is 10.1. The molecule has 0 radical (unpaired) electrons. The number of sulfonamides is 1. The van der Waals surface area contributed by atoms with Gasteiger partial charge < -0.3 is 5.32 Å². The van der Waals surface area contributed by atoms with Crippen LogP contribution >= 0.6 is 23.4 Å². The number of nitrogens with one attached hydrogen (secondary N) is 1. The van der Waals surface area contributed by atoms with Crippen LogP contribution in [0, 0.1) is 6.92 Å². The van der Waals surface area contributed by atoms with E-state index in [1.165, 1.54) is 0 Å². The average Bonchev–Trinajstić information content (AvgIpc) is 2.80. The van der Waals surface area contributed by atoms with Crippen molar-refractivity contribution in [1.82, 2.24) is 9.62 Å². The summed E-state index contributed by atoms with van der Waals surface area (Å²) >= 11 is 7.93. The molecule has 1 amide bonds. The standard InChI is InChI=1S/C25H27ClN2O3S2/c1-18-8-14-23(15-9-18)33(30,31)28(16-21-6-4-5-7-24(21)26)17-25(29)27-19(2)20-10-12-22(32-3)13-11-20/h4-15,19H,16-17H2,1-3H3,(H,27,29)/t19-/m1/s1. The molecule has 0 saturated carbocycles. The van der Waals surface area contributed by atoms with Crippen molar-refractivity contribution in [3.63, 3.8) is 0 Å². The van der Waals surface area contributed by atoms with Crippen LogP contribution in [-0.4, -0.2) is 31.4 Å². The fourth-order valence-electron chi connectivity index (χ4n) is 3.33. The van der Waals surface area contributed by atoms with Crippen LogP contribution in [0.15, 0.2) is 82.6 Å². The number of hydrogen-bond acceptors (Lipinski definition) is 4. The zero-order valence-corrected chi connectivity index (χ0v) is 21.2. The SMILES string of the molecule is CSc1ccc([C@@H](C)NC(=O)CN(Cc2ccccc2Cl)S(=O)(=O)c2ccc(C)cc2)cc1. The number of carbonyl (C=O) groups excluding carboxylic acids is 1. The first kappa shape index (κ1) is 25.3. The molecule has 3 aromatic rings. The van der Waals surface area contributed by atoms with Gasteiger partial charge in [-0.25, -0.2) is 8.42 Å². The fourth-order valence-corrected chi connectivity index (χ4v) is 5.30. The van der Waals surface area contributed by atoms with Gasteiger partial charge in [-0.15, -0.1) is 11.8 Å². The molecule has 0 aliphatic carbocycles. The number of benzene rings is 3. The van der Waals surface area contributed by atoms with Gasteiger partial charge in [0.1, 0.15) is 0 Å². The molecule has 1 N–H and O–H groups in total. The quantitative estimate of drug-likeness (QED) is 0.396. The number of amides is 1. The van der Waals surface area contributed by atoms with Gasteiger partial charge in [-0.05, 0) is 61.6 Å². The van der Waals surface area contributed by atoms with Crippen molar-refractivity contribution >= 4 is 39.3 Å². The molecule has 3 aromatic carbocycles. The molecule has 5 nitrogen and oxygen atoms in total. The maximum atomic E-state index is 13.4. The molecule has 0 heterocycles. The predicted octanol–water partition coefficient (Wildman–Crippen LogP) is 5.44. The van der Waals surface area contributed by atoms with E-state index in [9.17, 15) is 13.2 Å². The summed E-state index contributed by atoms with van der Waals surface area (Å²) in [5, 5.41) is 3.36. The van der Waals surface area contributed by atoms with E-state index in [2.05, 4.69) is 5.32 Å². The zero-order valence-electron chi connectivity index (χ0n) is 18.8. The van der Waals surface area contributed by atoms with Gasteiger partial charge in [0.25, 0.3) is 0 Å². The van der Waals surface area contributed by atoms with Crippen LogP contribution in [0.2, 0.25) is 5.02 Å². The number of carbonyl (C=O) groups is 1. The largest absolute Gasteiger partial charge is 0.348 e. The second-order valence-corrected chi connectivity index (χ2v) is 11.0. The Labute approximate surface area is 205 Å². The number of hydrogen-bond donors (Lipinski definition) is 1. The maximum Gasteiger partial charge on any atom is 0.243 e. The molecule has 8 heteroatoms. The highest BCUT2D eigenvalue weighted by Gasteiger charge is 2.28. The number of nitrogens with zero attached hydrogens (tertiary/aromatic N) is 1. The summed E-state index contributed by atoms with van der Waals surface area (Å²) in [6, 6.07) is 21.3. The van der Waals surface area contributed by atoms with Gasteiger partial charge in [0.2, 0.25) is 15.9 Å². The van der Waals surface area contributed by atoms with Crippen molar-refractivity contribution in [3.05, 3.63) is 94.5 Å². The van der Waals surface area contributed by atoms with Crippen molar-refractivity contribution < 1.29 is 13.2 Å². The smallest absolute Gasteiger partial charge is 0.243 e. The monoisotopic (exact) mass is 502 g/mol. The third kappa shape index (κ3) is 6.60. The summed E-state index contributed by atoms with van der Waals surface area (Å²) in [5.74, 6) is -0.390. The third-order valence-corrected chi connectivity index (χ3v) is 8.19. The molecule has 174 valence electrons. The van der Waals surface area contributed by atoms with Gasteiger partial charge in [-0.1, -0.05) is 59.6 Å². The lowest BCUT2D eigenvalue weighted by molar-refractivity contribution is -0.122. The molecule has 0 bridgehead atoms. The molecule has 0 unspecified atom stereocenters. The summed E-state index contributed by atoms with van der Waals surface area (Å²) in [4.78, 5) is 14.2. The van der Waals surface area contributed by atoms with E-state index in [-0.39, 0.29) is 29.9 Å². The molecule has 0 aliphatic rings. The van der Waals surface area contributed by atoms with E-state index >= 15 is 0 Å². The zero-order chi connectivity index (χ0) is 24.0. The molecule has 0 saturated heterocycles. The minimum atomic E-state index is -3.93. The molecule has 0 aromatic heterocycles. The highest BCUT2D eigenvalue weighted by Crippen LogP contribution is 2.23. The van der Waals surface area contributed by atoms with E-state index < -0.39 is 10.0 Å². The Balaban J connectivity index is 1.83. The lowest BCUT2D eigenvalue weighted by Crippen LogP contribution is -2.41. The summed E-state index contributed by atoms with van der Waals surface area (Å²) in [7, 11) is -3.93. The number of halogens is 1. The van der Waals surface area contributed by atoms with E-state index in [4.69, 9.17) is 11.6 Å². The van der Waals surface area contributed by atoms with Crippen molar-refractivity contribution in [2.75, 3.05) is 12.8 Å². The van der Waals surface area contributed by atoms with Gasteiger partial charge in [-0.2, -0.15) is 4.31 Å². The highest BCUT2D eigenvalue weighted by molar-refractivity contribution is 7.98. The minimum absolute atomic E-state index is 0.0138. The predicted molar refractivity (Wildman–Crippen MR) is 135 cm³/mol. The van der Waals surface area contributed by atoms with Crippen molar-refractivity contribution in [2.45, 2.75) is 36.2 Å². The Kier molecular flexibility index (Phi) is 8.59. The minimum Gasteiger partial charge on any atom is -0.348 e. The molecule has 1 atom stereocenters. The molecule has 33 heavy (non-hydrogen) atoms. The Morgan fingerprint density at radius 3 is 2.27 bits per heavy atom. The number of aryl methyl sites for hydroxylation is 1. The third-order valence-electron chi connectivity index (χ3n) is 5.28. The summed E-state index contributed by atoms with van der Waals surface area (Å²) in [6.07, 6.45) is 2.00. The summed E-state index contributed by atoms with van der Waals surface area (Å²) in [6.45, 7) is 3.42. The molecular formula is C25H27ClN2O3S2. The van der Waals surface area contributed by atoms with Crippen LogP contribution in [0.1, 0.15) is 29.7 Å². The van der Waals surface area contributed by atoms with Gasteiger partial charge in [0.15, 0.2) is 0 Å². The summed E-state index contributed by atoms with van der Waals surface area (Å²) in [5.41, 5.74) is 2.52. The van der Waals surface area contributed by atoms with Crippen LogP contribution in [0.4, 0.5) is 0 Å². The van der Waals surface area contributed by atoms with Crippen LogP contribution in [0.3, 0.4) is 0 Å².